The molecule has 0 bridgehead atoms. The van der Waals surface area contributed by atoms with Gasteiger partial charge in [0.1, 0.15) is 0 Å². The van der Waals surface area contributed by atoms with Gasteiger partial charge in [-0.05, 0) is 32.1 Å². The maximum absolute atomic E-state index is 12.5. The summed E-state index contributed by atoms with van der Waals surface area (Å²) in [7, 11) is 3.75. The van der Waals surface area contributed by atoms with E-state index < -0.39 is 0 Å². The molecule has 0 saturated carbocycles. The van der Waals surface area contributed by atoms with Crippen LogP contribution in [0.25, 0.3) is 0 Å². The van der Waals surface area contributed by atoms with Crippen molar-refractivity contribution in [3.8, 4) is 5.75 Å². The second-order valence-electron chi connectivity index (χ2n) is 5.66. The molecule has 0 aromatic heterocycles. The first-order chi connectivity index (χ1) is 9.90. The second-order valence-corrected chi connectivity index (χ2v) is 5.66. The minimum absolute atomic E-state index is 0.0405. The summed E-state index contributed by atoms with van der Waals surface area (Å²) in [5, 5.41) is 5.61. The lowest BCUT2D eigenvalue weighted by molar-refractivity contribution is -0.121. The Morgan fingerprint density at radius 1 is 1.38 bits per heavy atom. The average molecular weight is 291 g/mol. The zero-order chi connectivity index (χ0) is 15.6. The zero-order valence-electron chi connectivity index (χ0n) is 12.8. The molecule has 2 N–H and O–H groups in total. The predicted octanol–water partition coefficient (Wildman–Crippen LogP) is 1.54. The van der Waals surface area contributed by atoms with Gasteiger partial charge in [-0.15, -0.1) is 0 Å². The summed E-state index contributed by atoms with van der Waals surface area (Å²) in [6.45, 7) is 3.96. The molecule has 1 atom stereocenters. The summed E-state index contributed by atoms with van der Waals surface area (Å²) in [6.07, 6.45) is 0. The third kappa shape index (κ3) is 3.33. The third-order valence-corrected chi connectivity index (χ3v) is 3.35. The maximum atomic E-state index is 12.5. The number of hydrogen-bond acceptors (Lipinski definition) is 4. The number of amides is 2. The quantitative estimate of drug-likeness (QED) is 0.883. The molecule has 2 rings (SSSR count). The van der Waals surface area contributed by atoms with Crippen molar-refractivity contribution in [1.29, 1.82) is 0 Å². The summed E-state index contributed by atoms with van der Waals surface area (Å²) in [4.78, 5) is 25.7. The Kier molecular flexibility index (Phi) is 4.47. The number of carbonyl (C=O) groups is 2. The fourth-order valence-corrected chi connectivity index (χ4v) is 2.55. The molecule has 0 radical (unpaired) electrons. The lowest BCUT2D eigenvalue weighted by Crippen LogP contribution is -2.43. The van der Waals surface area contributed by atoms with Gasteiger partial charge in [-0.2, -0.15) is 0 Å². The van der Waals surface area contributed by atoms with Crippen LogP contribution in [0.15, 0.2) is 18.2 Å². The molecule has 1 heterocycles. The topological polar surface area (TPSA) is 70.7 Å². The highest BCUT2D eigenvalue weighted by Crippen LogP contribution is 2.35. The van der Waals surface area contributed by atoms with Crippen molar-refractivity contribution in [3.63, 3.8) is 0 Å². The SMILES string of the molecule is CC(C)C(C(=O)Nc1cccc2c1OCC(=O)N2)N(C)C. The molecular weight excluding hydrogens is 270 g/mol. The van der Waals surface area contributed by atoms with Crippen molar-refractivity contribution < 1.29 is 14.3 Å². The molecule has 1 unspecified atom stereocenters. The molecular formula is C15H21N3O3. The first-order valence-electron chi connectivity index (χ1n) is 6.93. The van der Waals surface area contributed by atoms with E-state index in [0.717, 1.165) is 0 Å². The number of carbonyl (C=O) groups excluding carboxylic acids is 2. The van der Waals surface area contributed by atoms with Crippen LogP contribution in [0.3, 0.4) is 0 Å². The molecule has 6 nitrogen and oxygen atoms in total. The Hall–Kier alpha value is -2.08. The normalized spacial score (nSPS) is 15.2. The first-order valence-corrected chi connectivity index (χ1v) is 6.93. The van der Waals surface area contributed by atoms with Crippen LogP contribution >= 0.6 is 0 Å². The fourth-order valence-electron chi connectivity index (χ4n) is 2.55. The van der Waals surface area contributed by atoms with Crippen LogP contribution in [0.2, 0.25) is 0 Å². The van der Waals surface area contributed by atoms with Crippen LogP contribution in [0.1, 0.15) is 13.8 Å². The number of nitrogens with one attached hydrogen (secondary N) is 2. The molecule has 1 aliphatic heterocycles. The number of fused-ring (bicyclic) bond motifs is 1. The molecule has 0 aliphatic carbocycles. The van der Waals surface area contributed by atoms with Gasteiger partial charge in [0.15, 0.2) is 12.4 Å². The van der Waals surface area contributed by atoms with E-state index >= 15 is 0 Å². The van der Waals surface area contributed by atoms with Gasteiger partial charge in [0.25, 0.3) is 5.91 Å². The summed E-state index contributed by atoms with van der Waals surface area (Å²) in [5.41, 5.74) is 1.15. The van der Waals surface area contributed by atoms with E-state index in [2.05, 4.69) is 10.6 Å². The summed E-state index contributed by atoms with van der Waals surface area (Å²) >= 11 is 0. The predicted molar refractivity (Wildman–Crippen MR) is 81.5 cm³/mol. The van der Waals surface area contributed by atoms with E-state index in [9.17, 15) is 9.59 Å². The van der Waals surface area contributed by atoms with Crippen molar-refractivity contribution in [1.82, 2.24) is 4.90 Å². The largest absolute Gasteiger partial charge is 0.479 e. The van der Waals surface area contributed by atoms with Crippen molar-refractivity contribution >= 4 is 23.2 Å². The van der Waals surface area contributed by atoms with Gasteiger partial charge < -0.3 is 15.4 Å². The Labute approximate surface area is 124 Å². The number of para-hydroxylation sites is 1. The zero-order valence-corrected chi connectivity index (χ0v) is 12.8. The van der Waals surface area contributed by atoms with Gasteiger partial charge in [-0.25, -0.2) is 0 Å². The van der Waals surface area contributed by atoms with Crippen LogP contribution in [0, 0.1) is 5.92 Å². The van der Waals surface area contributed by atoms with Crippen LogP contribution in [0.5, 0.6) is 5.75 Å². The van der Waals surface area contributed by atoms with Crippen LogP contribution in [-0.2, 0) is 9.59 Å². The first kappa shape index (κ1) is 15.3. The number of anilines is 2. The van der Waals surface area contributed by atoms with Gasteiger partial charge in [-0.1, -0.05) is 19.9 Å². The summed E-state index contributed by atoms with van der Waals surface area (Å²) < 4.78 is 5.43. The molecule has 0 saturated heterocycles. The molecule has 1 aromatic rings. The molecule has 1 aliphatic rings. The number of hydrogen-bond donors (Lipinski definition) is 2. The smallest absolute Gasteiger partial charge is 0.262 e. The Morgan fingerprint density at radius 3 is 2.71 bits per heavy atom. The van der Waals surface area contributed by atoms with E-state index in [-0.39, 0.29) is 30.4 Å². The lowest BCUT2D eigenvalue weighted by atomic mass is 10.0. The van der Waals surface area contributed by atoms with Crippen LogP contribution in [-0.4, -0.2) is 43.5 Å². The Balaban J connectivity index is 2.22. The fraction of sp³-hybridized carbons (Fsp3) is 0.467. The minimum atomic E-state index is -0.237. The van der Waals surface area contributed by atoms with Gasteiger partial charge in [0.05, 0.1) is 17.4 Å². The van der Waals surface area contributed by atoms with Crippen molar-refractivity contribution in [3.05, 3.63) is 18.2 Å². The van der Waals surface area contributed by atoms with E-state index in [1.54, 1.807) is 18.2 Å². The molecule has 2 amide bonds. The molecule has 1 aromatic carbocycles. The summed E-state index contributed by atoms with van der Waals surface area (Å²) in [6, 6.07) is 5.04. The van der Waals surface area contributed by atoms with Crippen LogP contribution in [0.4, 0.5) is 11.4 Å². The van der Waals surface area contributed by atoms with E-state index in [1.165, 1.54) is 0 Å². The monoisotopic (exact) mass is 291 g/mol. The summed E-state index contributed by atoms with van der Waals surface area (Å²) in [5.74, 6) is 0.398. The highest BCUT2D eigenvalue weighted by atomic mass is 16.5. The second kappa shape index (κ2) is 6.13. The standard InChI is InChI=1S/C15H21N3O3/c1-9(2)13(18(3)4)15(20)17-11-7-5-6-10-14(11)21-8-12(19)16-10/h5-7,9,13H,8H2,1-4H3,(H,16,19)(H,17,20). The number of nitrogens with zero attached hydrogens (tertiary/aromatic N) is 1. The van der Waals surface area contributed by atoms with Crippen molar-refractivity contribution in [2.75, 3.05) is 31.3 Å². The Bertz CT molecular complexity index is 547. The molecule has 0 spiro atoms. The molecule has 6 heteroatoms. The average Bonchev–Trinajstić information content (AvgIpc) is 2.37. The van der Waals surface area contributed by atoms with Gasteiger partial charge >= 0.3 is 0 Å². The van der Waals surface area contributed by atoms with Gasteiger partial charge in [0.2, 0.25) is 5.91 Å². The lowest BCUT2D eigenvalue weighted by Gasteiger charge is -2.27. The minimum Gasteiger partial charge on any atom is -0.479 e. The van der Waals surface area contributed by atoms with E-state index in [1.807, 2.05) is 32.8 Å². The Morgan fingerprint density at radius 2 is 2.10 bits per heavy atom. The number of benzene rings is 1. The molecule has 114 valence electrons. The van der Waals surface area contributed by atoms with Gasteiger partial charge in [0, 0.05) is 0 Å². The number of ether oxygens (including phenoxy) is 1. The highest BCUT2D eigenvalue weighted by Gasteiger charge is 2.26. The maximum Gasteiger partial charge on any atom is 0.262 e. The van der Waals surface area contributed by atoms with Crippen LogP contribution < -0.4 is 15.4 Å². The van der Waals surface area contributed by atoms with E-state index in [0.29, 0.717) is 17.1 Å². The van der Waals surface area contributed by atoms with Crippen molar-refractivity contribution in [2.24, 2.45) is 5.92 Å². The molecule has 0 fully saturated rings. The number of likely N-dealkylation sites (N-methyl/N-ethyl adjacent to an activating group) is 1. The highest BCUT2D eigenvalue weighted by molar-refractivity contribution is 6.01. The molecule has 21 heavy (non-hydrogen) atoms. The third-order valence-electron chi connectivity index (χ3n) is 3.35. The van der Waals surface area contributed by atoms with Crippen molar-refractivity contribution in [2.45, 2.75) is 19.9 Å². The van der Waals surface area contributed by atoms with Gasteiger partial charge in [-0.3, -0.25) is 14.5 Å². The van der Waals surface area contributed by atoms with E-state index in [4.69, 9.17) is 4.74 Å². The number of rotatable bonds is 4.